The molecule has 2 amide bonds. The number of carbonyl (C=O) groups is 3. The quantitative estimate of drug-likeness (QED) is 0.568. The van der Waals surface area contributed by atoms with E-state index in [1.807, 2.05) is 5.32 Å². The van der Waals surface area contributed by atoms with Crippen LogP contribution < -0.4 is 5.32 Å². The van der Waals surface area contributed by atoms with E-state index in [1.165, 1.54) is 7.11 Å². The van der Waals surface area contributed by atoms with Crippen molar-refractivity contribution >= 4 is 18.0 Å². The summed E-state index contributed by atoms with van der Waals surface area (Å²) < 4.78 is 4.63. The minimum atomic E-state index is -1.40. The third-order valence-electron chi connectivity index (χ3n) is 3.01. The van der Waals surface area contributed by atoms with E-state index in [0.29, 0.717) is 0 Å². The van der Waals surface area contributed by atoms with Crippen LogP contribution in [-0.2, 0) is 14.3 Å². The molecule has 1 aliphatic heterocycles. The van der Waals surface area contributed by atoms with E-state index in [-0.39, 0.29) is 12.5 Å². The standard InChI is InChI=1S/C11H18N2O6/c1-5(2)8(10(16)19-3)13-4-6(14)7(9(13)15)12-11(17)18/h5-8,12,14H,4H2,1-3H3,(H,17,18)/t6-,7+,8-/m0/s1. The summed E-state index contributed by atoms with van der Waals surface area (Å²) in [6.45, 7) is 3.36. The number of likely N-dealkylation sites (tertiary alicyclic amines) is 1. The van der Waals surface area contributed by atoms with Gasteiger partial charge in [-0.3, -0.25) is 4.79 Å². The number of nitrogens with zero attached hydrogens (tertiary/aromatic N) is 1. The summed E-state index contributed by atoms with van der Waals surface area (Å²) in [4.78, 5) is 35.5. The van der Waals surface area contributed by atoms with Crippen LogP contribution in [0.5, 0.6) is 0 Å². The minimum Gasteiger partial charge on any atom is -0.467 e. The van der Waals surface area contributed by atoms with Crippen molar-refractivity contribution in [2.24, 2.45) is 5.92 Å². The van der Waals surface area contributed by atoms with Gasteiger partial charge < -0.3 is 25.2 Å². The zero-order chi connectivity index (χ0) is 14.7. The molecule has 1 heterocycles. The molecule has 0 radical (unpaired) electrons. The normalized spacial score (nSPS) is 24.5. The van der Waals surface area contributed by atoms with Gasteiger partial charge in [0.25, 0.3) is 0 Å². The van der Waals surface area contributed by atoms with Gasteiger partial charge in [-0.05, 0) is 5.92 Å². The number of methoxy groups -OCH3 is 1. The van der Waals surface area contributed by atoms with Crippen LogP contribution in [-0.4, -0.2) is 64.9 Å². The molecule has 0 bridgehead atoms. The highest BCUT2D eigenvalue weighted by atomic mass is 16.5. The van der Waals surface area contributed by atoms with Gasteiger partial charge in [0.05, 0.1) is 13.7 Å². The maximum absolute atomic E-state index is 12.1. The Kier molecular flexibility index (Phi) is 4.71. The lowest BCUT2D eigenvalue weighted by atomic mass is 10.0. The highest BCUT2D eigenvalue weighted by Gasteiger charge is 2.46. The largest absolute Gasteiger partial charge is 0.467 e. The fraction of sp³-hybridized carbons (Fsp3) is 0.727. The number of β-amino-alcohol motifs (C(OH)–C–C–N with tert-alkyl or cyclic N) is 1. The summed E-state index contributed by atoms with van der Waals surface area (Å²) in [5.41, 5.74) is 0. The first kappa shape index (κ1) is 15.2. The van der Waals surface area contributed by atoms with Crippen LogP contribution in [0.3, 0.4) is 0 Å². The van der Waals surface area contributed by atoms with Gasteiger partial charge in [-0.1, -0.05) is 13.8 Å². The van der Waals surface area contributed by atoms with Crippen molar-refractivity contribution in [3.63, 3.8) is 0 Å². The maximum Gasteiger partial charge on any atom is 0.405 e. The van der Waals surface area contributed by atoms with Crippen molar-refractivity contribution in [1.29, 1.82) is 0 Å². The summed E-state index contributed by atoms with van der Waals surface area (Å²) >= 11 is 0. The summed E-state index contributed by atoms with van der Waals surface area (Å²) in [5.74, 6) is -1.43. The molecule has 0 aromatic heterocycles. The molecule has 0 unspecified atom stereocenters. The minimum absolute atomic E-state index is 0.109. The molecule has 0 aromatic carbocycles. The Morgan fingerprint density at radius 3 is 2.47 bits per heavy atom. The van der Waals surface area contributed by atoms with Crippen molar-refractivity contribution in [3.05, 3.63) is 0 Å². The molecule has 108 valence electrons. The molecular weight excluding hydrogens is 256 g/mol. The highest BCUT2D eigenvalue weighted by molar-refractivity contribution is 5.92. The average molecular weight is 274 g/mol. The SMILES string of the molecule is COC(=O)[C@H](C(C)C)N1C[C@H](O)[C@@H](NC(=O)O)C1=O. The predicted octanol–water partition coefficient (Wildman–Crippen LogP) is -0.977. The van der Waals surface area contributed by atoms with Crippen LogP contribution >= 0.6 is 0 Å². The molecule has 3 N–H and O–H groups in total. The maximum atomic E-state index is 12.1. The number of rotatable bonds is 4. The van der Waals surface area contributed by atoms with Gasteiger partial charge in [0.1, 0.15) is 18.2 Å². The Labute approximate surface area is 110 Å². The second-order valence-corrected chi connectivity index (χ2v) is 4.70. The molecule has 1 fully saturated rings. The van der Waals surface area contributed by atoms with Crippen molar-refractivity contribution in [2.75, 3.05) is 13.7 Å². The Morgan fingerprint density at radius 2 is 2.05 bits per heavy atom. The van der Waals surface area contributed by atoms with Crippen molar-refractivity contribution < 1.29 is 29.3 Å². The van der Waals surface area contributed by atoms with E-state index in [1.54, 1.807) is 13.8 Å². The Bertz CT molecular complexity index is 383. The van der Waals surface area contributed by atoms with Gasteiger partial charge in [-0.15, -0.1) is 0 Å². The van der Waals surface area contributed by atoms with Crippen molar-refractivity contribution in [2.45, 2.75) is 32.0 Å². The Balaban J connectivity index is 2.92. The zero-order valence-corrected chi connectivity index (χ0v) is 11.0. The Hall–Kier alpha value is -1.83. The van der Waals surface area contributed by atoms with Gasteiger partial charge in [0, 0.05) is 0 Å². The second kappa shape index (κ2) is 5.87. The van der Waals surface area contributed by atoms with E-state index in [4.69, 9.17) is 5.11 Å². The van der Waals surface area contributed by atoms with Crippen LogP contribution in [0.1, 0.15) is 13.8 Å². The topological polar surface area (TPSA) is 116 Å². The number of amides is 2. The summed E-state index contributed by atoms with van der Waals surface area (Å²) in [6, 6.07) is -2.09. The molecule has 0 spiro atoms. The first-order valence-electron chi connectivity index (χ1n) is 5.85. The molecule has 0 aromatic rings. The van der Waals surface area contributed by atoms with E-state index < -0.39 is 36.2 Å². The van der Waals surface area contributed by atoms with Gasteiger partial charge in [0.2, 0.25) is 5.91 Å². The second-order valence-electron chi connectivity index (χ2n) is 4.70. The van der Waals surface area contributed by atoms with Crippen LogP contribution in [0.25, 0.3) is 0 Å². The first-order chi connectivity index (χ1) is 8.79. The number of hydrogen-bond donors (Lipinski definition) is 3. The number of carbonyl (C=O) groups excluding carboxylic acids is 2. The first-order valence-corrected chi connectivity index (χ1v) is 5.85. The fourth-order valence-electron chi connectivity index (χ4n) is 2.16. The van der Waals surface area contributed by atoms with Gasteiger partial charge in [0.15, 0.2) is 0 Å². The van der Waals surface area contributed by atoms with Crippen LogP contribution in [0.2, 0.25) is 0 Å². The van der Waals surface area contributed by atoms with Gasteiger partial charge in [-0.25, -0.2) is 9.59 Å². The molecule has 0 aliphatic carbocycles. The summed E-state index contributed by atoms with van der Waals surface area (Å²) in [6.07, 6.45) is -2.59. The number of nitrogens with one attached hydrogen (secondary N) is 1. The monoisotopic (exact) mass is 274 g/mol. The van der Waals surface area contributed by atoms with E-state index in [2.05, 4.69) is 4.74 Å². The lowest BCUT2D eigenvalue weighted by Gasteiger charge is -2.28. The average Bonchev–Trinajstić information content (AvgIpc) is 2.56. The zero-order valence-electron chi connectivity index (χ0n) is 11.0. The molecule has 1 rings (SSSR count). The van der Waals surface area contributed by atoms with E-state index in [0.717, 1.165) is 4.90 Å². The van der Waals surface area contributed by atoms with Gasteiger partial charge in [-0.2, -0.15) is 0 Å². The van der Waals surface area contributed by atoms with E-state index >= 15 is 0 Å². The van der Waals surface area contributed by atoms with Crippen molar-refractivity contribution in [3.8, 4) is 0 Å². The number of aliphatic hydroxyl groups excluding tert-OH is 1. The number of aliphatic hydroxyl groups is 1. The molecule has 0 saturated carbocycles. The highest BCUT2D eigenvalue weighted by Crippen LogP contribution is 2.21. The number of ether oxygens (including phenoxy) is 1. The molecule has 1 aliphatic rings. The number of hydrogen-bond acceptors (Lipinski definition) is 5. The molecular formula is C11H18N2O6. The summed E-state index contributed by atoms with van der Waals surface area (Å²) in [5, 5.41) is 20.3. The molecule has 1 saturated heterocycles. The molecule has 19 heavy (non-hydrogen) atoms. The molecule has 8 heteroatoms. The fourth-order valence-corrected chi connectivity index (χ4v) is 2.16. The lowest BCUT2D eigenvalue weighted by Crippen LogP contribution is -2.50. The third kappa shape index (κ3) is 3.14. The lowest BCUT2D eigenvalue weighted by molar-refractivity contribution is -0.153. The third-order valence-corrected chi connectivity index (χ3v) is 3.01. The van der Waals surface area contributed by atoms with Crippen LogP contribution in [0.4, 0.5) is 4.79 Å². The Morgan fingerprint density at radius 1 is 1.47 bits per heavy atom. The van der Waals surface area contributed by atoms with Crippen molar-refractivity contribution in [1.82, 2.24) is 10.2 Å². The predicted molar refractivity (Wildman–Crippen MR) is 63.3 cm³/mol. The van der Waals surface area contributed by atoms with Crippen LogP contribution in [0, 0.1) is 5.92 Å². The molecule has 3 atom stereocenters. The van der Waals surface area contributed by atoms with E-state index in [9.17, 15) is 19.5 Å². The number of carboxylic acid groups (broad SMARTS) is 1. The molecule has 8 nitrogen and oxygen atoms in total. The summed E-state index contributed by atoms with van der Waals surface area (Å²) in [7, 11) is 1.21. The number of esters is 1. The van der Waals surface area contributed by atoms with Gasteiger partial charge >= 0.3 is 12.1 Å². The smallest absolute Gasteiger partial charge is 0.405 e. The van der Waals surface area contributed by atoms with Crippen LogP contribution in [0.15, 0.2) is 0 Å².